The van der Waals surface area contributed by atoms with Gasteiger partial charge in [0.1, 0.15) is 12.4 Å². The zero-order valence-electron chi connectivity index (χ0n) is 11.9. The first-order chi connectivity index (χ1) is 10.2. The summed E-state index contributed by atoms with van der Waals surface area (Å²) >= 11 is 6.00. The highest BCUT2D eigenvalue weighted by molar-refractivity contribution is 6.30. The lowest BCUT2D eigenvalue weighted by molar-refractivity contribution is 0.247. The molecule has 0 aromatic heterocycles. The summed E-state index contributed by atoms with van der Waals surface area (Å²) in [5, 5.41) is 10.0. The van der Waals surface area contributed by atoms with Crippen LogP contribution in [0.5, 0.6) is 17.2 Å². The quantitative estimate of drug-likeness (QED) is 0.888. The molecule has 0 atom stereocenters. The third-order valence-electron chi connectivity index (χ3n) is 3.07. The molecule has 0 saturated heterocycles. The van der Waals surface area contributed by atoms with Crippen LogP contribution in [-0.2, 0) is 13.2 Å². The van der Waals surface area contributed by atoms with Gasteiger partial charge < -0.3 is 19.3 Å². The smallest absolute Gasteiger partial charge is 0.167 e. The summed E-state index contributed by atoms with van der Waals surface area (Å²) in [5.41, 5.74) is 1.48. The number of aliphatic hydroxyl groups is 1. The lowest BCUT2D eigenvalue weighted by Gasteiger charge is -2.15. The number of rotatable bonds is 6. The second kappa shape index (κ2) is 7.20. The first-order valence-electron chi connectivity index (χ1n) is 6.41. The largest absolute Gasteiger partial charge is 0.496 e. The van der Waals surface area contributed by atoms with Crippen LogP contribution >= 0.6 is 11.6 Å². The second-order valence-electron chi connectivity index (χ2n) is 4.35. The molecule has 1 N–H and O–H groups in total. The fourth-order valence-corrected chi connectivity index (χ4v) is 2.21. The van der Waals surface area contributed by atoms with E-state index in [4.69, 9.17) is 25.8 Å². The molecule has 2 rings (SSSR count). The van der Waals surface area contributed by atoms with E-state index >= 15 is 0 Å². The van der Waals surface area contributed by atoms with E-state index in [-0.39, 0.29) is 13.2 Å². The van der Waals surface area contributed by atoms with E-state index in [1.54, 1.807) is 50.6 Å². The number of benzene rings is 2. The molecule has 112 valence electrons. The van der Waals surface area contributed by atoms with Gasteiger partial charge >= 0.3 is 0 Å². The predicted octanol–water partition coefficient (Wildman–Crippen LogP) is 3.43. The van der Waals surface area contributed by atoms with Crippen molar-refractivity contribution < 1.29 is 19.3 Å². The maximum absolute atomic E-state index is 9.40. The Balaban J connectivity index is 2.26. The fourth-order valence-electron chi connectivity index (χ4n) is 2.02. The fraction of sp³-hybridized carbons (Fsp3) is 0.250. The van der Waals surface area contributed by atoms with Gasteiger partial charge in [0.2, 0.25) is 0 Å². The molecule has 0 spiro atoms. The highest BCUT2D eigenvalue weighted by Crippen LogP contribution is 2.33. The highest BCUT2D eigenvalue weighted by atomic mass is 35.5. The van der Waals surface area contributed by atoms with E-state index in [9.17, 15) is 5.11 Å². The van der Waals surface area contributed by atoms with Crippen LogP contribution in [0.3, 0.4) is 0 Å². The van der Waals surface area contributed by atoms with Crippen LogP contribution in [0.15, 0.2) is 36.4 Å². The lowest BCUT2D eigenvalue weighted by Crippen LogP contribution is -2.02. The van der Waals surface area contributed by atoms with Crippen LogP contribution in [0.2, 0.25) is 5.02 Å². The summed E-state index contributed by atoms with van der Waals surface area (Å²) in [6, 6.07) is 10.7. The van der Waals surface area contributed by atoms with Gasteiger partial charge in [-0.15, -0.1) is 0 Å². The van der Waals surface area contributed by atoms with Crippen molar-refractivity contribution >= 4 is 11.6 Å². The van der Waals surface area contributed by atoms with Crippen LogP contribution in [0.4, 0.5) is 0 Å². The maximum atomic E-state index is 9.40. The number of ether oxygens (including phenoxy) is 3. The lowest BCUT2D eigenvalue weighted by atomic mass is 10.2. The number of hydrogen-bond acceptors (Lipinski definition) is 4. The Kier molecular flexibility index (Phi) is 5.31. The molecule has 2 aromatic carbocycles. The van der Waals surface area contributed by atoms with Crippen LogP contribution in [0.1, 0.15) is 11.1 Å². The Bertz CT molecular complexity index is 591. The van der Waals surface area contributed by atoms with Gasteiger partial charge in [-0.05, 0) is 24.3 Å². The molecule has 0 unspecified atom stereocenters. The average molecular weight is 309 g/mol. The molecule has 0 fully saturated rings. The zero-order chi connectivity index (χ0) is 15.2. The Hall–Kier alpha value is -1.91. The molecule has 0 aliphatic rings. The van der Waals surface area contributed by atoms with Gasteiger partial charge in [-0.1, -0.05) is 23.7 Å². The number of methoxy groups -OCH3 is 2. The summed E-state index contributed by atoms with van der Waals surface area (Å²) in [7, 11) is 3.15. The van der Waals surface area contributed by atoms with E-state index in [1.165, 1.54) is 0 Å². The molecule has 0 amide bonds. The number of hydrogen-bond donors (Lipinski definition) is 1. The molecule has 0 saturated carbocycles. The molecule has 0 aliphatic carbocycles. The highest BCUT2D eigenvalue weighted by Gasteiger charge is 2.12. The van der Waals surface area contributed by atoms with Crippen LogP contribution in [0, 0.1) is 0 Å². The normalized spacial score (nSPS) is 10.3. The molecular formula is C16H17ClO4. The minimum absolute atomic E-state index is 0.126. The molecule has 0 heterocycles. The minimum atomic E-state index is -0.126. The third kappa shape index (κ3) is 3.60. The molecule has 0 bridgehead atoms. The number of halogens is 1. The van der Waals surface area contributed by atoms with Gasteiger partial charge in [-0.3, -0.25) is 0 Å². The van der Waals surface area contributed by atoms with E-state index < -0.39 is 0 Å². The van der Waals surface area contributed by atoms with Crippen molar-refractivity contribution in [2.45, 2.75) is 13.2 Å². The first kappa shape index (κ1) is 15.5. The second-order valence-corrected chi connectivity index (χ2v) is 4.79. The first-order valence-corrected chi connectivity index (χ1v) is 6.79. The van der Waals surface area contributed by atoms with Gasteiger partial charge in [0.15, 0.2) is 11.5 Å². The van der Waals surface area contributed by atoms with Crippen LogP contribution in [-0.4, -0.2) is 19.3 Å². The Morgan fingerprint density at radius 1 is 1.00 bits per heavy atom. The number of para-hydroxylation sites is 1. The van der Waals surface area contributed by atoms with Gasteiger partial charge in [0.05, 0.1) is 20.8 Å². The molecule has 2 aromatic rings. The van der Waals surface area contributed by atoms with E-state index in [0.29, 0.717) is 27.8 Å². The Morgan fingerprint density at radius 2 is 1.76 bits per heavy atom. The summed E-state index contributed by atoms with van der Waals surface area (Å²) in [4.78, 5) is 0. The van der Waals surface area contributed by atoms with Gasteiger partial charge in [-0.2, -0.15) is 0 Å². The van der Waals surface area contributed by atoms with Crippen molar-refractivity contribution in [2.75, 3.05) is 14.2 Å². The van der Waals surface area contributed by atoms with E-state index in [1.807, 2.05) is 0 Å². The zero-order valence-corrected chi connectivity index (χ0v) is 12.7. The van der Waals surface area contributed by atoms with Crippen molar-refractivity contribution in [3.05, 3.63) is 52.5 Å². The topological polar surface area (TPSA) is 47.9 Å². The molecule has 5 heteroatoms. The standard InChI is InChI=1S/C16H17ClO4/c1-19-14-7-6-13(17)8-12(14)10-21-16-11(9-18)4-3-5-15(16)20-2/h3-8,18H,9-10H2,1-2H3. The van der Waals surface area contributed by atoms with Crippen molar-refractivity contribution in [3.63, 3.8) is 0 Å². The molecule has 21 heavy (non-hydrogen) atoms. The van der Waals surface area contributed by atoms with Gasteiger partial charge in [0.25, 0.3) is 0 Å². The molecule has 4 nitrogen and oxygen atoms in total. The summed E-state index contributed by atoms with van der Waals surface area (Å²) in [6.07, 6.45) is 0. The van der Waals surface area contributed by atoms with E-state index in [2.05, 4.69) is 0 Å². The van der Waals surface area contributed by atoms with Crippen molar-refractivity contribution in [3.8, 4) is 17.2 Å². The van der Waals surface area contributed by atoms with E-state index in [0.717, 1.165) is 5.56 Å². The van der Waals surface area contributed by atoms with Gasteiger partial charge in [0, 0.05) is 16.1 Å². The monoisotopic (exact) mass is 308 g/mol. The number of aliphatic hydroxyl groups excluding tert-OH is 1. The van der Waals surface area contributed by atoms with Crippen molar-refractivity contribution in [1.82, 2.24) is 0 Å². The summed E-state index contributed by atoms with van der Waals surface area (Å²) in [6.45, 7) is 0.135. The maximum Gasteiger partial charge on any atom is 0.167 e. The van der Waals surface area contributed by atoms with Crippen LogP contribution < -0.4 is 14.2 Å². The van der Waals surface area contributed by atoms with Crippen molar-refractivity contribution in [2.24, 2.45) is 0 Å². The predicted molar refractivity (Wildman–Crippen MR) is 81.3 cm³/mol. The third-order valence-corrected chi connectivity index (χ3v) is 3.30. The average Bonchev–Trinajstić information content (AvgIpc) is 2.52. The van der Waals surface area contributed by atoms with Crippen molar-refractivity contribution in [1.29, 1.82) is 0 Å². The SMILES string of the molecule is COc1ccc(Cl)cc1COc1c(CO)cccc1OC. The summed E-state index contributed by atoms with van der Waals surface area (Å²) < 4.78 is 16.4. The van der Waals surface area contributed by atoms with Gasteiger partial charge in [-0.25, -0.2) is 0 Å². The summed E-state index contributed by atoms with van der Waals surface area (Å²) in [5.74, 6) is 1.78. The van der Waals surface area contributed by atoms with Crippen LogP contribution in [0.25, 0.3) is 0 Å². The molecular weight excluding hydrogens is 292 g/mol. The Labute approximate surface area is 128 Å². The molecule has 0 radical (unpaired) electrons. The molecule has 0 aliphatic heterocycles. The Morgan fingerprint density at radius 3 is 2.43 bits per heavy atom. The minimum Gasteiger partial charge on any atom is -0.496 e.